The summed E-state index contributed by atoms with van der Waals surface area (Å²) in [6.45, 7) is 5.76. The quantitative estimate of drug-likeness (QED) is 0.703. The topological polar surface area (TPSA) is 69.5 Å². The van der Waals surface area contributed by atoms with E-state index in [0.717, 1.165) is 25.5 Å². The Bertz CT molecular complexity index is 421. The SMILES string of the molecule is CCn1ncnc1CN1CCOC(CC(=O)OC)C1. The number of ether oxygens (including phenoxy) is 2. The average Bonchev–Trinajstić information content (AvgIpc) is 2.86. The Balaban J connectivity index is 1.89. The van der Waals surface area contributed by atoms with Gasteiger partial charge in [0.2, 0.25) is 0 Å². The summed E-state index contributed by atoms with van der Waals surface area (Å²) in [6, 6.07) is 0. The Morgan fingerprint density at radius 1 is 1.63 bits per heavy atom. The molecule has 0 N–H and O–H groups in total. The first kappa shape index (κ1) is 14.0. The van der Waals surface area contributed by atoms with E-state index in [1.54, 1.807) is 6.33 Å². The van der Waals surface area contributed by atoms with Gasteiger partial charge in [-0.3, -0.25) is 9.69 Å². The number of hydrogen-bond acceptors (Lipinski definition) is 6. The Morgan fingerprint density at radius 2 is 2.47 bits per heavy atom. The van der Waals surface area contributed by atoms with Crippen molar-refractivity contribution in [1.82, 2.24) is 19.7 Å². The second-order valence-corrected chi connectivity index (χ2v) is 4.50. The van der Waals surface area contributed by atoms with Crippen LogP contribution in [0.4, 0.5) is 0 Å². The van der Waals surface area contributed by atoms with Crippen LogP contribution in [0.1, 0.15) is 19.2 Å². The minimum atomic E-state index is -0.233. The van der Waals surface area contributed by atoms with Crippen LogP contribution in [0.5, 0.6) is 0 Å². The maximum absolute atomic E-state index is 11.3. The molecule has 0 amide bonds. The molecule has 7 nitrogen and oxygen atoms in total. The van der Waals surface area contributed by atoms with Gasteiger partial charge in [0.1, 0.15) is 12.2 Å². The molecule has 1 unspecified atom stereocenters. The predicted molar refractivity (Wildman–Crippen MR) is 67.3 cm³/mol. The fourth-order valence-corrected chi connectivity index (χ4v) is 2.19. The van der Waals surface area contributed by atoms with Crippen molar-refractivity contribution < 1.29 is 14.3 Å². The third-order valence-corrected chi connectivity index (χ3v) is 3.21. The van der Waals surface area contributed by atoms with Crippen molar-refractivity contribution in [3.8, 4) is 0 Å². The van der Waals surface area contributed by atoms with Gasteiger partial charge in [0, 0.05) is 19.6 Å². The molecule has 106 valence electrons. The van der Waals surface area contributed by atoms with Crippen molar-refractivity contribution in [3.63, 3.8) is 0 Å². The van der Waals surface area contributed by atoms with Crippen LogP contribution in [0.25, 0.3) is 0 Å². The van der Waals surface area contributed by atoms with Crippen molar-refractivity contribution in [1.29, 1.82) is 0 Å². The summed E-state index contributed by atoms with van der Waals surface area (Å²) in [5.74, 6) is 0.713. The Labute approximate surface area is 112 Å². The lowest BCUT2D eigenvalue weighted by atomic mass is 10.2. The molecule has 2 heterocycles. The summed E-state index contributed by atoms with van der Waals surface area (Å²) in [6.07, 6.45) is 1.78. The summed E-state index contributed by atoms with van der Waals surface area (Å²) >= 11 is 0. The van der Waals surface area contributed by atoms with E-state index < -0.39 is 0 Å². The molecule has 1 aromatic rings. The Hall–Kier alpha value is -1.47. The standard InChI is InChI=1S/C12H20N4O3/c1-3-16-11(13-9-14-16)8-15-4-5-19-10(7-15)6-12(17)18-2/h9-10H,3-8H2,1-2H3. The van der Waals surface area contributed by atoms with E-state index in [2.05, 4.69) is 19.7 Å². The van der Waals surface area contributed by atoms with E-state index in [9.17, 15) is 4.79 Å². The number of esters is 1. The normalized spacial score (nSPS) is 20.4. The Kier molecular flexibility index (Phi) is 4.86. The molecule has 0 bridgehead atoms. The summed E-state index contributed by atoms with van der Waals surface area (Å²) in [4.78, 5) is 17.7. The largest absolute Gasteiger partial charge is 0.469 e. The highest BCUT2D eigenvalue weighted by Gasteiger charge is 2.24. The van der Waals surface area contributed by atoms with Gasteiger partial charge in [-0.2, -0.15) is 5.10 Å². The van der Waals surface area contributed by atoms with E-state index in [1.807, 2.05) is 11.6 Å². The van der Waals surface area contributed by atoms with Gasteiger partial charge in [0.05, 0.1) is 32.8 Å². The molecule has 0 spiro atoms. The average molecular weight is 268 g/mol. The van der Waals surface area contributed by atoms with Crippen LogP contribution >= 0.6 is 0 Å². The zero-order valence-corrected chi connectivity index (χ0v) is 11.4. The summed E-state index contributed by atoms with van der Waals surface area (Å²) in [7, 11) is 1.40. The lowest BCUT2D eigenvalue weighted by Crippen LogP contribution is -2.43. The zero-order chi connectivity index (χ0) is 13.7. The molecule has 7 heteroatoms. The van der Waals surface area contributed by atoms with Crippen LogP contribution in [0, 0.1) is 0 Å². The third kappa shape index (κ3) is 3.74. The summed E-state index contributed by atoms with van der Waals surface area (Å²) in [5.41, 5.74) is 0. The van der Waals surface area contributed by atoms with Gasteiger partial charge in [-0.1, -0.05) is 0 Å². The van der Waals surface area contributed by atoms with Crippen LogP contribution < -0.4 is 0 Å². The van der Waals surface area contributed by atoms with Crippen molar-refractivity contribution in [2.45, 2.75) is 32.5 Å². The highest BCUT2D eigenvalue weighted by atomic mass is 16.5. The number of aryl methyl sites for hydroxylation is 1. The summed E-state index contributed by atoms with van der Waals surface area (Å²) in [5, 5.41) is 4.15. The molecule has 1 fully saturated rings. The van der Waals surface area contributed by atoms with Crippen LogP contribution in [-0.4, -0.2) is 58.5 Å². The molecule has 1 aliphatic heterocycles. The van der Waals surface area contributed by atoms with E-state index in [0.29, 0.717) is 19.6 Å². The molecule has 19 heavy (non-hydrogen) atoms. The first-order valence-electron chi connectivity index (χ1n) is 6.50. The first-order chi connectivity index (χ1) is 9.22. The fourth-order valence-electron chi connectivity index (χ4n) is 2.19. The molecule has 0 aromatic carbocycles. The monoisotopic (exact) mass is 268 g/mol. The maximum Gasteiger partial charge on any atom is 0.308 e. The molecule has 1 aromatic heterocycles. The van der Waals surface area contributed by atoms with Gasteiger partial charge in [-0.05, 0) is 6.92 Å². The molecule has 0 radical (unpaired) electrons. The fraction of sp³-hybridized carbons (Fsp3) is 0.750. The van der Waals surface area contributed by atoms with E-state index in [4.69, 9.17) is 4.74 Å². The number of methoxy groups -OCH3 is 1. The molecule has 0 aliphatic carbocycles. The van der Waals surface area contributed by atoms with E-state index >= 15 is 0 Å². The molecular formula is C12H20N4O3. The van der Waals surface area contributed by atoms with Crippen molar-refractivity contribution in [3.05, 3.63) is 12.2 Å². The van der Waals surface area contributed by atoms with Crippen LogP contribution in [-0.2, 0) is 27.4 Å². The molecule has 1 saturated heterocycles. The van der Waals surface area contributed by atoms with Crippen molar-refractivity contribution in [2.75, 3.05) is 26.8 Å². The van der Waals surface area contributed by atoms with Crippen LogP contribution in [0.2, 0.25) is 0 Å². The van der Waals surface area contributed by atoms with E-state index in [1.165, 1.54) is 7.11 Å². The van der Waals surface area contributed by atoms with Crippen molar-refractivity contribution >= 4 is 5.97 Å². The molecule has 2 rings (SSSR count). The number of rotatable bonds is 5. The predicted octanol–water partition coefficient (Wildman–Crippen LogP) is 0.0619. The van der Waals surface area contributed by atoms with Crippen LogP contribution in [0.15, 0.2) is 6.33 Å². The van der Waals surface area contributed by atoms with Gasteiger partial charge in [-0.25, -0.2) is 9.67 Å². The lowest BCUT2D eigenvalue weighted by molar-refractivity contribution is -0.145. The number of aromatic nitrogens is 3. The number of hydrogen-bond donors (Lipinski definition) is 0. The lowest BCUT2D eigenvalue weighted by Gasteiger charge is -2.32. The second-order valence-electron chi connectivity index (χ2n) is 4.50. The smallest absolute Gasteiger partial charge is 0.308 e. The van der Waals surface area contributed by atoms with Crippen LogP contribution in [0.3, 0.4) is 0 Å². The first-order valence-corrected chi connectivity index (χ1v) is 6.50. The van der Waals surface area contributed by atoms with Gasteiger partial charge >= 0.3 is 5.97 Å². The minimum Gasteiger partial charge on any atom is -0.469 e. The molecule has 1 aliphatic rings. The Morgan fingerprint density at radius 3 is 3.21 bits per heavy atom. The van der Waals surface area contributed by atoms with Gasteiger partial charge in [-0.15, -0.1) is 0 Å². The zero-order valence-electron chi connectivity index (χ0n) is 11.4. The summed E-state index contributed by atoms with van der Waals surface area (Å²) < 4.78 is 12.1. The van der Waals surface area contributed by atoms with Gasteiger partial charge in [0.25, 0.3) is 0 Å². The highest BCUT2D eigenvalue weighted by Crippen LogP contribution is 2.12. The number of carbonyl (C=O) groups is 1. The minimum absolute atomic E-state index is 0.0980. The molecule has 1 atom stereocenters. The van der Waals surface area contributed by atoms with Gasteiger partial charge < -0.3 is 9.47 Å². The van der Waals surface area contributed by atoms with Gasteiger partial charge in [0.15, 0.2) is 0 Å². The molecule has 0 saturated carbocycles. The number of morpholine rings is 1. The number of nitrogens with zero attached hydrogens (tertiary/aromatic N) is 4. The highest BCUT2D eigenvalue weighted by molar-refractivity contribution is 5.69. The number of carbonyl (C=O) groups excluding carboxylic acids is 1. The molecular weight excluding hydrogens is 248 g/mol. The third-order valence-electron chi connectivity index (χ3n) is 3.21. The second kappa shape index (κ2) is 6.63. The maximum atomic E-state index is 11.3. The van der Waals surface area contributed by atoms with E-state index in [-0.39, 0.29) is 12.1 Å². The van der Waals surface area contributed by atoms with Crippen molar-refractivity contribution in [2.24, 2.45) is 0 Å².